The number of halogens is 3. The highest BCUT2D eigenvalue weighted by Gasteiger charge is 2.51. The van der Waals surface area contributed by atoms with E-state index >= 15 is 0 Å². The number of alkyl halides is 2. The van der Waals surface area contributed by atoms with Gasteiger partial charge in [0.15, 0.2) is 12.4 Å². The van der Waals surface area contributed by atoms with Gasteiger partial charge in [0.25, 0.3) is 12.3 Å². The standard InChI is InChI=1S/C16H15ClF2N4O3/c1-10-8-16(25,15(18)19)23(20-10)14(24)13-5-6-22(21-13)9-26-12-4-2-3-11(17)7-12/h2-7,15,25H,8-9H2,1H3/t16-/m1/s1. The molecule has 26 heavy (non-hydrogen) atoms. The summed E-state index contributed by atoms with van der Waals surface area (Å²) >= 11 is 5.86. The summed E-state index contributed by atoms with van der Waals surface area (Å²) in [5, 5.41) is 18.7. The summed E-state index contributed by atoms with van der Waals surface area (Å²) in [5.74, 6) is -0.418. The lowest BCUT2D eigenvalue weighted by Crippen LogP contribution is -2.51. The minimum atomic E-state index is -3.17. The Bertz CT molecular complexity index is 858. The molecule has 1 aliphatic heterocycles. The van der Waals surface area contributed by atoms with Crippen molar-refractivity contribution in [2.75, 3.05) is 0 Å². The first-order valence-corrected chi connectivity index (χ1v) is 7.98. The van der Waals surface area contributed by atoms with Crippen LogP contribution in [0.15, 0.2) is 41.6 Å². The lowest BCUT2D eigenvalue weighted by atomic mass is 10.1. The van der Waals surface area contributed by atoms with Gasteiger partial charge in [0.1, 0.15) is 5.75 Å². The Morgan fingerprint density at radius 3 is 2.92 bits per heavy atom. The van der Waals surface area contributed by atoms with Crippen molar-refractivity contribution >= 4 is 23.2 Å². The van der Waals surface area contributed by atoms with E-state index in [1.54, 1.807) is 24.3 Å². The van der Waals surface area contributed by atoms with E-state index in [4.69, 9.17) is 16.3 Å². The number of hydrazone groups is 1. The van der Waals surface area contributed by atoms with Gasteiger partial charge < -0.3 is 9.84 Å². The lowest BCUT2D eigenvalue weighted by Gasteiger charge is -2.29. The summed E-state index contributed by atoms with van der Waals surface area (Å²) in [7, 11) is 0. The molecule has 0 unspecified atom stereocenters. The average Bonchev–Trinajstić information content (AvgIpc) is 3.17. The Kier molecular flexibility index (Phi) is 4.92. The molecule has 1 aliphatic rings. The van der Waals surface area contributed by atoms with Gasteiger partial charge in [0, 0.05) is 23.4 Å². The minimum absolute atomic E-state index is 0.0188. The van der Waals surface area contributed by atoms with Crippen molar-refractivity contribution in [3.63, 3.8) is 0 Å². The van der Waals surface area contributed by atoms with Gasteiger partial charge in [0.2, 0.25) is 5.72 Å². The maximum atomic E-state index is 13.2. The van der Waals surface area contributed by atoms with Crippen LogP contribution in [0.2, 0.25) is 5.02 Å². The Morgan fingerprint density at radius 2 is 2.23 bits per heavy atom. The van der Waals surface area contributed by atoms with Gasteiger partial charge >= 0.3 is 0 Å². The molecule has 0 radical (unpaired) electrons. The topological polar surface area (TPSA) is 80.0 Å². The number of amides is 1. The van der Waals surface area contributed by atoms with E-state index < -0.39 is 24.5 Å². The largest absolute Gasteiger partial charge is 0.471 e. The molecule has 1 atom stereocenters. The first-order chi connectivity index (χ1) is 12.3. The first kappa shape index (κ1) is 18.3. The van der Waals surface area contributed by atoms with E-state index in [-0.39, 0.29) is 18.1 Å². The lowest BCUT2D eigenvalue weighted by molar-refractivity contribution is -0.164. The Morgan fingerprint density at radius 1 is 1.46 bits per heavy atom. The van der Waals surface area contributed by atoms with Crippen LogP contribution in [0.4, 0.5) is 8.78 Å². The fourth-order valence-corrected chi connectivity index (χ4v) is 2.67. The van der Waals surface area contributed by atoms with E-state index in [1.807, 2.05) is 0 Å². The van der Waals surface area contributed by atoms with Gasteiger partial charge in [-0.2, -0.15) is 15.2 Å². The zero-order valence-corrected chi connectivity index (χ0v) is 14.4. The zero-order chi connectivity index (χ0) is 18.9. The van der Waals surface area contributed by atoms with Crippen LogP contribution in [0.1, 0.15) is 23.8 Å². The highest BCUT2D eigenvalue weighted by Crippen LogP contribution is 2.32. The highest BCUT2D eigenvalue weighted by atomic mass is 35.5. The predicted molar refractivity (Wildman–Crippen MR) is 89.2 cm³/mol. The SMILES string of the molecule is CC1=NN(C(=O)c2ccn(COc3cccc(Cl)c3)n2)[C@](O)(C(F)F)C1. The van der Waals surface area contributed by atoms with Crippen LogP contribution in [-0.4, -0.2) is 43.7 Å². The first-order valence-electron chi connectivity index (χ1n) is 7.60. The van der Waals surface area contributed by atoms with Gasteiger partial charge in [-0.3, -0.25) is 4.79 Å². The van der Waals surface area contributed by atoms with Crippen molar-refractivity contribution in [2.24, 2.45) is 5.10 Å². The molecule has 1 aromatic heterocycles. The second-order valence-corrected chi connectivity index (χ2v) is 6.22. The van der Waals surface area contributed by atoms with Crippen LogP contribution in [0.25, 0.3) is 0 Å². The van der Waals surface area contributed by atoms with Crippen molar-refractivity contribution in [1.82, 2.24) is 14.8 Å². The second-order valence-electron chi connectivity index (χ2n) is 5.78. The monoisotopic (exact) mass is 384 g/mol. The van der Waals surface area contributed by atoms with Crippen LogP contribution in [-0.2, 0) is 6.73 Å². The van der Waals surface area contributed by atoms with Crippen LogP contribution in [0.5, 0.6) is 5.75 Å². The van der Waals surface area contributed by atoms with Gasteiger partial charge in [-0.25, -0.2) is 13.5 Å². The molecule has 1 amide bonds. The molecule has 0 aliphatic carbocycles. The maximum Gasteiger partial charge on any atom is 0.297 e. The number of benzene rings is 1. The molecule has 1 aromatic carbocycles. The second kappa shape index (κ2) is 7.00. The quantitative estimate of drug-likeness (QED) is 0.859. The molecule has 0 spiro atoms. The molecule has 2 aromatic rings. The van der Waals surface area contributed by atoms with Gasteiger partial charge in [-0.05, 0) is 31.2 Å². The fraction of sp³-hybridized carbons (Fsp3) is 0.312. The number of aliphatic hydroxyl groups is 1. The van der Waals surface area contributed by atoms with Gasteiger partial charge in [0.05, 0.1) is 0 Å². The Labute approximate surface area is 152 Å². The Balaban J connectivity index is 1.72. The van der Waals surface area contributed by atoms with Gasteiger partial charge in [-0.1, -0.05) is 17.7 Å². The predicted octanol–water partition coefficient (Wildman–Crippen LogP) is 2.75. The van der Waals surface area contributed by atoms with E-state index in [0.717, 1.165) is 0 Å². The van der Waals surface area contributed by atoms with Crippen LogP contribution < -0.4 is 4.74 Å². The number of rotatable bonds is 5. The van der Waals surface area contributed by atoms with E-state index in [9.17, 15) is 18.7 Å². The zero-order valence-electron chi connectivity index (χ0n) is 13.6. The summed E-state index contributed by atoms with van der Waals surface area (Å²) in [6.45, 7) is 1.44. The molecule has 3 rings (SSSR count). The smallest absolute Gasteiger partial charge is 0.297 e. The molecular weight excluding hydrogens is 370 g/mol. The summed E-state index contributed by atoms with van der Waals surface area (Å²) in [6, 6.07) is 8.06. The molecule has 0 saturated heterocycles. The molecule has 7 nitrogen and oxygen atoms in total. The normalized spacial score (nSPS) is 19.8. The van der Waals surface area contributed by atoms with Crippen molar-refractivity contribution in [2.45, 2.75) is 32.2 Å². The molecule has 0 fully saturated rings. The third kappa shape index (κ3) is 3.54. The average molecular weight is 385 g/mol. The summed E-state index contributed by atoms with van der Waals surface area (Å²) in [6.07, 6.45) is -2.14. The summed E-state index contributed by atoms with van der Waals surface area (Å²) in [5.41, 5.74) is -2.58. The van der Waals surface area contributed by atoms with E-state index in [2.05, 4.69) is 10.2 Å². The molecule has 0 bridgehead atoms. The number of carbonyl (C=O) groups is 1. The van der Waals surface area contributed by atoms with E-state index in [0.29, 0.717) is 15.8 Å². The number of hydrogen-bond acceptors (Lipinski definition) is 5. The third-order valence-corrected chi connectivity index (χ3v) is 3.95. The van der Waals surface area contributed by atoms with Crippen molar-refractivity contribution in [3.05, 3.63) is 47.2 Å². The van der Waals surface area contributed by atoms with Crippen molar-refractivity contribution < 1.29 is 23.4 Å². The van der Waals surface area contributed by atoms with Crippen molar-refractivity contribution in [1.29, 1.82) is 0 Å². The van der Waals surface area contributed by atoms with E-state index in [1.165, 1.54) is 23.9 Å². The summed E-state index contributed by atoms with van der Waals surface area (Å²) in [4.78, 5) is 12.4. The van der Waals surface area contributed by atoms with Crippen LogP contribution >= 0.6 is 11.6 Å². The summed E-state index contributed by atoms with van der Waals surface area (Å²) < 4.78 is 33.2. The molecule has 10 heteroatoms. The van der Waals surface area contributed by atoms with Crippen LogP contribution in [0.3, 0.4) is 0 Å². The number of nitrogens with zero attached hydrogens (tertiary/aromatic N) is 4. The minimum Gasteiger partial charge on any atom is -0.471 e. The third-order valence-electron chi connectivity index (χ3n) is 3.71. The molecular formula is C16H15ClF2N4O3. The van der Waals surface area contributed by atoms with Crippen LogP contribution in [0, 0.1) is 0 Å². The molecule has 2 heterocycles. The fourth-order valence-electron chi connectivity index (χ4n) is 2.49. The van der Waals surface area contributed by atoms with Crippen molar-refractivity contribution in [3.8, 4) is 5.75 Å². The molecule has 1 N–H and O–H groups in total. The van der Waals surface area contributed by atoms with Gasteiger partial charge in [-0.15, -0.1) is 0 Å². The number of ether oxygens (including phenoxy) is 1. The molecule has 138 valence electrons. The highest BCUT2D eigenvalue weighted by molar-refractivity contribution is 6.30. The maximum absolute atomic E-state index is 13.2. The Hall–Kier alpha value is -2.52. The number of aromatic nitrogens is 2. The number of carbonyl (C=O) groups excluding carboxylic acids is 1. The molecule has 0 saturated carbocycles. The number of hydrogen-bond donors (Lipinski definition) is 1.